The molecule has 0 amide bonds. The van der Waals surface area contributed by atoms with E-state index in [1.807, 2.05) is 23.7 Å². The summed E-state index contributed by atoms with van der Waals surface area (Å²) in [7, 11) is 0. The fraction of sp³-hybridized carbons (Fsp3) is 0.500. The topological polar surface area (TPSA) is 51.5 Å². The SMILES string of the molecule is Cc1cc2c(NC3CCOC3C)nccn2n1. The molecule has 1 fully saturated rings. The molecule has 0 saturated carbocycles. The van der Waals surface area contributed by atoms with Crippen LogP contribution in [0.1, 0.15) is 19.0 Å². The molecule has 0 spiro atoms. The van der Waals surface area contributed by atoms with Crippen LogP contribution < -0.4 is 5.32 Å². The Morgan fingerprint density at radius 3 is 3.18 bits per heavy atom. The number of nitrogens with zero attached hydrogens (tertiary/aromatic N) is 3. The number of hydrogen-bond acceptors (Lipinski definition) is 4. The molecule has 2 aromatic rings. The van der Waals surface area contributed by atoms with Crippen LogP contribution in [0.4, 0.5) is 5.82 Å². The zero-order chi connectivity index (χ0) is 11.8. The molecule has 2 unspecified atom stereocenters. The summed E-state index contributed by atoms with van der Waals surface area (Å²) in [6, 6.07) is 2.37. The molecule has 90 valence electrons. The number of nitrogens with one attached hydrogen (secondary N) is 1. The lowest BCUT2D eigenvalue weighted by Crippen LogP contribution is -2.27. The Balaban J connectivity index is 1.94. The molecule has 5 heteroatoms. The van der Waals surface area contributed by atoms with Crippen molar-refractivity contribution in [3.63, 3.8) is 0 Å². The van der Waals surface area contributed by atoms with E-state index in [-0.39, 0.29) is 6.10 Å². The second-order valence-electron chi connectivity index (χ2n) is 4.51. The van der Waals surface area contributed by atoms with Crippen LogP contribution in [0.3, 0.4) is 0 Å². The fourth-order valence-corrected chi connectivity index (χ4v) is 2.25. The molecular formula is C12H16N4O. The van der Waals surface area contributed by atoms with Crippen LogP contribution in [0.25, 0.3) is 5.52 Å². The number of fused-ring (bicyclic) bond motifs is 1. The number of hydrogen-bond donors (Lipinski definition) is 1. The van der Waals surface area contributed by atoms with Crippen molar-refractivity contribution >= 4 is 11.3 Å². The van der Waals surface area contributed by atoms with E-state index in [4.69, 9.17) is 4.74 Å². The molecule has 0 bridgehead atoms. The molecule has 0 radical (unpaired) electrons. The Labute approximate surface area is 99.8 Å². The van der Waals surface area contributed by atoms with Gasteiger partial charge in [0.1, 0.15) is 5.52 Å². The van der Waals surface area contributed by atoms with Gasteiger partial charge in [0.2, 0.25) is 0 Å². The molecule has 1 aliphatic rings. The van der Waals surface area contributed by atoms with Crippen molar-refractivity contribution in [2.24, 2.45) is 0 Å². The van der Waals surface area contributed by atoms with Gasteiger partial charge in [-0.05, 0) is 26.3 Å². The second kappa shape index (κ2) is 4.00. The molecule has 1 saturated heterocycles. The summed E-state index contributed by atoms with van der Waals surface area (Å²) in [6.07, 6.45) is 4.89. The molecule has 0 aliphatic carbocycles. The van der Waals surface area contributed by atoms with Crippen molar-refractivity contribution in [3.05, 3.63) is 24.2 Å². The van der Waals surface area contributed by atoms with Crippen molar-refractivity contribution in [2.45, 2.75) is 32.4 Å². The Bertz CT molecular complexity index is 536. The Hall–Kier alpha value is -1.62. The molecule has 3 heterocycles. The quantitative estimate of drug-likeness (QED) is 0.855. The van der Waals surface area contributed by atoms with Gasteiger partial charge in [-0.3, -0.25) is 0 Å². The maximum Gasteiger partial charge on any atom is 0.152 e. The summed E-state index contributed by atoms with van der Waals surface area (Å²) in [4.78, 5) is 4.39. The van der Waals surface area contributed by atoms with Crippen LogP contribution in [-0.2, 0) is 4.74 Å². The molecule has 3 rings (SSSR count). The van der Waals surface area contributed by atoms with Crippen molar-refractivity contribution in [3.8, 4) is 0 Å². The van der Waals surface area contributed by atoms with Gasteiger partial charge in [-0.25, -0.2) is 9.50 Å². The van der Waals surface area contributed by atoms with Gasteiger partial charge < -0.3 is 10.1 Å². The molecular weight excluding hydrogens is 216 g/mol. The third-order valence-electron chi connectivity index (χ3n) is 3.21. The monoisotopic (exact) mass is 232 g/mol. The van der Waals surface area contributed by atoms with E-state index in [9.17, 15) is 0 Å². The normalized spacial score (nSPS) is 24.4. The van der Waals surface area contributed by atoms with Crippen LogP contribution >= 0.6 is 0 Å². The fourth-order valence-electron chi connectivity index (χ4n) is 2.25. The van der Waals surface area contributed by atoms with Gasteiger partial charge in [-0.15, -0.1) is 0 Å². The Morgan fingerprint density at radius 2 is 2.41 bits per heavy atom. The summed E-state index contributed by atoms with van der Waals surface area (Å²) in [5.41, 5.74) is 2.01. The van der Waals surface area contributed by atoms with Crippen LogP contribution in [-0.4, -0.2) is 33.4 Å². The molecule has 1 aliphatic heterocycles. The smallest absolute Gasteiger partial charge is 0.152 e. The number of rotatable bonds is 2. The summed E-state index contributed by atoms with van der Waals surface area (Å²) in [5.74, 6) is 0.885. The van der Waals surface area contributed by atoms with E-state index in [0.717, 1.165) is 30.1 Å². The van der Waals surface area contributed by atoms with Gasteiger partial charge in [-0.1, -0.05) is 0 Å². The van der Waals surface area contributed by atoms with Gasteiger partial charge >= 0.3 is 0 Å². The van der Waals surface area contributed by atoms with Crippen LogP contribution in [0.15, 0.2) is 18.5 Å². The van der Waals surface area contributed by atoms with Crippen molar-refractivity contribution in [1.29, 1.82) is 0 Å². The highest BCUT2D eigenvalue weighted by molar-refractivity contribution is 5.68. The maximum absolute atomic E-state index is 5.54. The zero-order valence-electron chi connectivity index (χ0n) is 10.1. The predicted molar refractivity (Wildman–Crippen MR) is 65.2 cm³/mol. The average Bonchev–Trinajstić information content (AvgIpc) is 2.85. The van der Waals surface area contributed by atoms with Crippen LogP contribution in [0, 0.1) is 6.92 Å². The van der Waals surface area contributed by atoms with Crippen molar-refractivity contribution < 1.29 is 4.74 Å². The standard InChI is InChI=1S/C12H16N4O/c1-8-7-11-12(13-4-5-16(11)15-8)14-10-3-6-17-9(10)2/h4-5,7,9-10H,3,6H2,1-2H3,(H,13,14). The molecule has 0 aromatic carbocycles. The van der Waals surface area contributed by atoms with E-state index >= 15 is 0 Å². The number of aryl methyl sites for hydroxylation is 1. The van der Waals surface area contributed by atoms with Crippen LogP contribution in [0.2, 0.25) is 0 Å². The average molecular weight is 232 g/mol. The second-order valence-corrected chi connectivity index (χ2v) is 4.51. The lowest BCUT2D eigenvalue weighted by Gasteiger charge is -2.16. The van der Waals surface area contributed by atoms with Gasteiger partial charge in [-0.2, -0.15) is 5.10 Å². The summed E-state index contributed by atoms with van der Waals surface area (Å²) >= 11 is 0. The van der Waals surface area contributed by atoms with E-state index in [2.05, 4.69) is 22.3 Å². The first-order valence-electron chi connectivity index (χ1n) is 5.93. The van der Waals surface area contributed by atoms with E-state index in [0.29, 0.717) is 6.04 Å². The number of aromatic nitrogens is 3. The van der Waals surface area contributed by atoms with Gasteiger partial charge in [0, 0.05) is 19.0 Å². The zero-order valence-corrected chi connectivity index (χ0v) is 10.1. The Morgan fingerprint density at radius 1 is 1.53 bits per heavy atom. The van der Waals surface area contributed by atoms with Gasteiger partial charge in [0.15, 0.2) is 5.82 Å². The van der Waals surface area contributed by atoms with Crippen LogP contribution in [0.5, 0.6) is 0 Å². The largest absolute Gasteiger partial charge is 0.376 e. The highest BCUT2D eigenvalue weighted by Gasteiger charge is 2.24. The number of anilines is 1. The predicted octanol–water partition coefficient (Wildman–Crippen LogP) is 1.63. The minimum Gasteiger partial charge on any atom is -0.376 e. The molecule has 2 aromatic heterocycles. The molecule has 17 heavy (non-hydrogen) atoms. The van der Waals surface area contributed by atoms with E-state index < -0.39 is 0 Å². The summed E-state index contributed by atoms with van der Waals surface area (Å²) in [5, 5.41) is 7.82. The lowest BCUT2D eigenvalue weighted by atomic mass is 10.1. The number of ether oxygens (including phenoxy) is 1. The van der Waals surface area contributed by atoms with Crippen molar-refractivity contribution in [2.75, 3.05) is 11.9 Å². The highest BCUT2D eigenvalue weighted by Crippen LogP contribution is 2.21. The highest BCUT2D eigenvalue weighted by atomic mass is 16.5. The third-order valence-corrected chi connectivity index (χ3v) is 3.21. The Kier molecular flexibility index (Phi) is 2.48. The maximum atomic E-state index is 5.54. The first kappa shape index (κ1) is 10.5. The molecule has 5 nitrogen and oxygen atoms in total. The van der Waals surface area contributed by atoms with Crippen molar-refractivity contribution in [1.82, 2.24) is 14.6 Å². The van der Waals surface area contributed by atoms with Gasteiger partial charge in [0.25, 0.3) is 0 Å². The third kappa shape index (κ3) is 1.86. The minimum atomic E-state index is 0.237. The lowest BCUT2D eigenvalue weighted by molar-refractivity contribution is 0.121. The van der Waals surface area contributed by atoms with E-state index in [1.165, 1.54) is 0 Å². The summed E-state index contributed by atoms with van der Waals surface area (Å²) in [6.45, 7) is 4.89. The molecule has 1 N–H and O–H groups in total. The summed E-state index contributed by atoms with van der Waals surface area (Å²) < 4.78 is 7.39. The van der Waals surface area contributed by atoms with Gasteiger partial charge in [0.05, 0.1) is 17.8 Å². The molecule has 2 atom stereocenters. The first-order valence-corrected chi connectivity index (χ1v) is 5.93. The van der Waals surface area contributed by atoms with E-state index in [1.54, 1.807) is 6.20 Å². The minimum absolute atomic E-state index is 0.237. The first-order chi connectivity index (χ1) is 8.24.